The number of ether oxygens (including phenoxy) is 1. The van der Waals surface area contributed by atoms with E-state index in [1.807, 2.05) is 54.2 Å². The highest BCUT2D eigenvalue weighted by molar-refractivity contribution is 7.98. The molecule has 33 heavy (non-hydrogen) atoms. The van der Waals surface area contributed by atoms with Crippen LogP contribution in [-0.4, -0.2) is 28.2 Å². The minimum atomic E-state index is -0.445. The van der Waals surface area contributed by atoms with E-state index < -0.39 is 5.60 Å². The second-order valence-electron chi connectivity index (χ2n) is 9.28. The minimum Gasteiger partial charge on any atom is -0.369 e. The molecule has 1 aliphatic rings. The number of likely N-dealkylation sites (tertiary alicyclic amines) is 1. The highest BCUT2D eigenvalue weighted by atomic mass is 32.2. The van der Waals surface area contributed by atoms with Gasteiger partial charge in [0.05, 0.1) is 18.2 Å². The van der Waals surface area contributed by atoms with Gasteiger partial charge in [0.1, 0.15) is 0 Å². The first kappa shape index (κ1) is 23.6. The Morgan fingerprint density at radius 3 is 2.00 bits per heavy atom. The lowest BCUT2D eigenvalue weighted by Crippen LogP contribution is -2.48. The molecule has 1 heterocycles. The number of hydrogen-bond donors (Lipinski definition) is 0. The lowest BCUT2D eigenvalue weighted by atomic mass is 9.93. The summed E-state index contributed by atoms with van der Waals surface area (Å²) in [7, 11) is 0. The van der Waals surface area contributed by atoms with Crippen LogP contribution in [-0.2, 0) is 28.4 Å². The third-order valence-electron chi connectivity index (χ3n) is 6.40. The Kier molecular flexibility index (Phi) is 7.89. The van der Waals surface area contributed by atoms with Gasteiger partial charge in [-0.3, -0.25) is 4.79 Å². The molecule has 2 atom stereocenters. The van der Waals surface area contributed by atoms with Crippen LogP contribution in [0.15, 0.2) is 91.0 Å². The summed E-state index contributed by atoms with van der Waals surface area (Å²) in [5, 5.41) is 0. The number of thioether (sulfide) groups is 1. The molecule has 0 saturated carbocycles. The van der Waals surface area contributed by atoms with Crippen molar-refractivity contribution in [2.24, 2.45) is 5.92 Å². The Morgan fingerprint density at radius 1 is 0.848 bits per heavy atom. The molecule has 3 aromatic carbocycles. The Bertz CT molecular complexity index is 1010. The Morgan fingerprint density at radius 2 is 1.39 bits per heavy atom. The molecule has 3 aromatic rings. The topological polar surface area (TPSA) is 29.5 Å². The summed E-state index contributed by atoms with van der Waals surface area (Å²) < 4.78 is 6.44. The molecule has 0 radical (unpaired) electrons. The summed E-state index contributed by atoms with van der Waals surface area (Å²) in [4.78, 5) is 15.6. The van der Waals surface area contributed by atoms with Gasteiger partial charge in [-0.05, 0) is 37.0 Å². The maximum atomic E-state index is 13.5. The zero-order valence-electron chi connectivity index (χ0n) is 19.5. The SMILES string of the molecule is CC(C)(OCc1ccccc1)[C@@H]1C[C@H](CSCc2ccccc2)C(=O)N1Cc1ccccc1. The Balaban J connectivity index is 1.46. The Labute approximate surface area is 202 Å². The molecule has 1 saturated heterocycles. The summed E-state index contributed by atoms with van der Waals surface area (Å²) in [6, 6.07) is 31.1. The predicted molar refractivity (Wildman–Crippen MR) is 137 cm³/mol. The van der Waals surface area contributed by atoms with Crippen LogP contribution in [0.5, 0.6) is 0 Å². The quantitative estimate of drug-likeness (QED) is 0.355. The maximum Gasteiger partial charge on any atom is 0.227 e. The molecular weight excluding hydrogens is 426 g/mol. The first-order valence-corrected chi connectivity index (χ1v) is 12.8. The molecule has 0 bridgehead atoms. The van der Waals surface area contributed by atoms with Crippen LogP contribution >= 0.6 is 11.8 Å². The lowest BCUT2D eigenvalue weighted by molar-refractivity contribution is -0.138. The largest absolute Gasteiger partial charge is 0.369 e. The first-order valence-electron chi connectivity index (χ1n) is 11.7. The van der Waals surface area contributed by atoms with E-state index in [9.17, 15) is 4.79 Å². The van der Waals surface area contributed by atoms with E-state index in [4.69, 9.17) is 4.74 Å². The van der Waals surface area contributed by atoms with Crippen LogP contribution in [0.2, 0.25) is 0 Å². The van der Waals surface area contributed by atoms with Crippen molar-refractivity contribution < 1.29 is 9.53 Å². The van der Waals surface area contributed by atoms with Crippen LogP contribution in [0, 0.1) is 5.92 Å². The van der Waals surface area contributed by atoms with Gasteiger partial charge in [-0.25, -0.2) is 0 Å². The van der Waals surface area contributed by atoms with E-state index in [1.54, 1.807) is 0 Å². The average Bonchev–Trinajstić information content (AvgIpc) is 3.16. The number of carbonyl (C=O) groups is 1. The van der Waals surface area contributed by atoms with Gasteiger partial charge < -0.3 is 9.64 Å². The molecule has 1 aliphatic heterocycles. The molecule has 0 unspecified atom stereocenters. The van der Waals surface area contributed by atoms with Crippen LogP contribution in [0.1, 0.15) is 37.0 Å². The van der Waals surface area contributed by atoms with E-state index in [2.05, 4.69) is 67.3 Å². The average molecular weight is 460 g/mol. The van der Waals surface area contributed by atoms with Gasteiger partial charge in [0.25, 0.3) is 0 Å². The molecule has 0 aliphatic carbocycles. The van der Waals surface area contributed by atoms with Crippen molar-refractivity contribution in [3.63, 3.8) is 0 Å². The van der Waals surface area contributed by atoms with Crippen molar-refractivity contribution in [3.05, 3.63) is 108 Å². The molecule has 4 rings (SSSR count). The Hall–Kier alpha value is -2.56. The molecule has 0 aromatic heterocycles. The van der Waals surface area contributed by atoms with Gasteiger partial charge in [-0.2, -0.15) is 11.8 Å². The van der Waals surface area contributed by atoms with E-state index in [0.29, 0.717) is 13.2 Å². The molecule has 1 fully saturated rings. The zero-order chi connectivity index (χ0) is 23.1. The molecule has 0 N–H and O–H groups in total. The van der Waals surface area contributed by atoms with Gasteiger partial charge in [0.15, 0.2) is 0 Å². The third kappa shape index (κ3) is 6.27. The van der Waals surface area contributed by atoms with Gasteiger partial charge in [0.2, 0.25) is 5.91 Å². The fraction of sp³-hybridized carbons (Fsp3) is 0.345. The highest BCUT2D eigenvalue weighted by Crippen LogP contribution is 2.37. The van der Waals surface area contributed by atoms with Gasteiger partial charge in [-0.15, -0.1) is 0 Å². The van der Waals surface area contributed by atoms with Crippen LogP contribution in [0.4, 0.5) is 0 Å². The predicted octanol–water partition coefficient (Wildman–Crippen LogP) is 6.33. The second-order valence-corrected chi connectivity index (χ2v) is 10.3. The lowest BCUT2D eigenvalue weighted by Gasteiger charge is -2.38. The summed E-state index contributed by atoms with van der Waals surface area (Å²) in [6.45, 7) is 5.43. The summed E-state index contributed by atoms with van der Waals surface area (Å²) in [5.74, 6) is 2.04. The smallest absolute Gasteiger partial charge is 0.227 e. The van der Waals surface area contributed by atoms with Crippen LogP contribution in [0.3, 0.4) is 0 Å². The standard InChI is InChI=1S/C29H33NO2S/c1-29(2,32-20-24-14-8-4-9-15-24)27-18-26(22-33-21-25-16-10-5-11-17-25)28(31)30(27)19-23-12-6-3-7-13-23/h3-17,26-27H,18-22H2,1-2H3/t26-,27+/m1/s1. The normalized spacial score (nSPS) is 18.6. The fourth-order valence-corrected chi connectivity index (χ4v) is 5.59. The van der Waals surface area contributed by atoms with Gasteiger partial charge >= 0.3 is 0 Å². The zero-order valence-corrected chi connectivity index (χ0v) is 20.3. The third-order valence-corrected chi connectivity index (χ3v) is 7.57. The number of rotatable bonds is 10. The van der Waals surface area contributed by atoms with Gasteiger partial charge in [-0.1, -0.05) is 91.0 Å². The maximum absolute atomic E-state index is 13.5. The summed E-state index contributed by atoms with van der Waals surface area (Å²) >= 11 is 1.85. The molecule has 1 amide bonds. The van der Waals surface area contributed by atoms with Gasteiger partial charge in [0, 0.05) is 24.0 Å². The summed E-state index contributed by atoms with van der Waals surface area (Å²) in [6.07, 6.45) is 0.829. The van der Waals surface area contributed by atoms with Crippen LogP contribution in [0.25, 0.3) is 0 Å². The van der Waals surface area contributed by atoms with Crippen molar-refractivity contribution in [2.75, 3.05) is 5.75 Å². The number of nitrogens with zero attached hydrogens (tertiary/aromatic N) is 1. The number of amides is 1. The number of benzene rings is 3. The minimum absolute atomic E-state index is 0.0204. The molecular formula is C29H33NO2S. The van der Waals surface area contributed by atoms with Crippen molar-refractivity contribution in [3.8, 4) is 0 Å². The van der Waals surface area contributed by atoms with Crippen molar-refractivity contribution in [2.45, 2.75) is 50.8 Å². The number of carbonyl (C=O) groups excluding carboxylic acids is 1. The molecule has 172 valence electrons. The van der Waals surface area contributed by atoms with E-state index >= 15 is 0 Å². The second kappa shape index (κ2) is 11.0. The van der Waals surface area contributed by atoms with Crippen molar-refractivity contribution in [1.29, 1.82) is 0 Å². The fourth-order valence-electron chi connectivity index (χ4n) is 4.49. The van der Waals surface area contributed by atoms with E-state index in [-0.39, 0.29) is 17.9 Å². The molecule has 4 heteroatoms. The first-order chi connectivity index (χ1) is 16.0. The van der Waals surface area contributed by atoms with Crippen molar-refractivity contribution in [1.82, 2.24) is 4.90 Å². The van der Waals surface area contributed by atoms with E-state index in [1.165, 1.54) is 5.56 Å². The molecule has 0 spiro atoms. The highest BCUT2D eigenvalue weighted by Gasteiger charge is 2.47. The monoisotopic (exact) mass is 459 g/mol. The molecule has 3 nitrogen and oxygen atoms in total. The number of hydrogen-bond acceptors (Lipinski definition) is 3. The van der Waals surface area contributed by atoms with Crippen LogP contribution < -0.4 is 0 Å². The summed E-state index contributed by atoms with van der Waals surface area (Å²) in [5.41, 5.74) is 3.17. The van der Waals surface area contributed by atoms with E-state index in [0.717, 1.165) is 29.1 Å². The van der Waals surface area contributed by atoms with Crippen molar-refractivity contribution >= 4 is 17.7 Å².